The van der Waals surface area contributed by atoms with Crippen molar-refractivity contribution in [2.45, 2.75) is 38.5 Å². The van der Waals surface area contributed by atoms with Crippen molar-refractivity contribution in [2.24, 2.45) is 11.3 Å². The second-order valence-electron chi connectivity index (χ2n) is 7.87. The van der Waals surface area contributed by atoms with E-state index < -0.39 is 0 Å². The molecule has 0 saturated carbocycles. The summed E-state index contributed by atoms with van der Waals surface area (Å²) < 4.78 is 10.6. The lowest BCUT2D eigenvalue weighted by Gasteiger charge is -2.39. The lowest BCUT2D eigenvalue weighted by Crippen LogP contribution is -2.47. The number of hydrogen-bond acceptors (Lipinski definition) is 4. The van der Waals surface area contributed by atoms with Crippen molar-refractivity contribution in [1.29, 1.82) is 0 Å². The average Bonchev–Trinajstić information content (AvgIpc) is 3.04. The van der Waals surface area contributed by atoms with Gasteiger partial charge in [0.1, 0.15) is 0 Å². The Labute approximate surface area is 156 Å². The Morgan fingerprint density at radius 3 is 2.58 bits per heavy atom. The highest BCUT2D eigenvalue weighted by molar-refractivity contribution is 5.83. The molecule has 3 rings (SSSR count). The molecule has 148 valence electrons. The fourth-order valence-corrected chi connectivity index (χ4v) is 4.61. The minimum Gasteiger partial charge on any atom is -0.385 e. The monoisotopic (exact) mass is 367 g/mol. The van der Waals surface area contributed by atoms with E-state index in [-0.39, 0.29) is 23.3 Å². The quantitative estimate of drug-likeness (QED) is 0.747. The van der Waals surface area contributed by atoms with Crippen LogP contribution in [0.25, 0.3) is 0 Å². The van der Waals surface area contributed by atoms with Gasteiger partial charge in [0.2, 0.25) is 5.91 Å². The molecule has 1 N–H and O–H groups in total. The molecule has 0 aromatic heterocycles. The van der Waals surface area contributed by atoms with E-state index in [1.54, 1.807) is 7.11 Å². The van der Waals surface area contributed by atoms with Crippen molar-refractivity contribution < 1.29 is 19.1 Å². The van der Waals surface area contributed by atoms with Crippen molar-refractivity contribution in [3.63, 3.8) is 0 Å². The van der Waals surface area contributed by atoms with Gasteiger partial charge in [0.15, 0.2) is 0 Å². The van der Waals surface area contributed by atoms with Crippen LogP contribution in [0.4, 0.5) is 4.79 Å². The first-order valence-electron chi connectivity index (χ1n) is 10.0. The van der Waals surface area contributed by atoms with Crippen LogP contribution in [-0.2, 0) is 14.3 Å². The van der Waals surface area contributed by atoms with Gasteiger partial charge in [0.25, 0.3) is 0 Å². The van der Waals surface area contributed by atoms with Crippen LogP contribution in [0, 0.1) is 11.3 Å². The molecule has 3 fully saturated rings. The molecular weight excluding hydrogens is 334 g/mol. The Bertz CT molecular complexity index is 487. The largest absolute Gasteiger partial charge is 0.385 e. The molecule has 0 aliphatic carbocycles. The maximum absolute atomic E-state index is 13.3. The first kappa shape index (κ1) is 19.4. The first-order valence-corrected chi connectivity index (χ1v) is 10.0. The summed E-state index contributed by atoms with van der Waals surface area (Å²) in [5.41, 5.74) is -0.114. The van der Waals surface area contributed by atoms with E-state index >= 15 is 0 Å². The van der Waals surface area contributed by atoms with E-state index in [9.17, 15) is 9.59 Å². The number of nitrogens with one attached hydrogen (secondary N) is 1. The van der Waals surface area contributed by atoms with E-state index in [0.29, 0.717) is 39.5 Å². The summed E-state index contributed by atoms with van der Waals surface area (Å²) in [6, 6.07) is -0.0547. The summed E-state index contributed by atoms with van der Waals surface area (Å²) in [7, 11) is 1.66. The third kappa shape index (κ3) is 4.31. The second kappa shape index (κ2) is 9.04. The molecule has 3 heterocycles. The minimum absolute atomic E-state index is 0.0547. The van der Waals surface area contributed by atoms with Crippen LogP contribution in [0.15, 0.2) is 0 Å². The van der Waals surface area contributed by atoms with Crippen LogP contribution < -0.4 is 5.32 Å². The lowest BCUT2D eigenvalue weighted by atomic mass is 9.71. The topological polar surface area (TPSA) is 71.1 Å². The summed E-state index contributed by atoms with van der Waals surface area (Å²) in [6.07, 6.45) is 5.93. The molecule has 3 amide bonds. The SMILES string of the molecule is COCCCNC(=O)N1CC(C(=O)N2CCCCC2)C2(CCOCC2)C1. The number of hydrogen-bond donors (Lipinski definition) is 1. The molecule has 0 radical (unpaired) electrons. The Balaban J connectivity index is 1.65. The Hall–Kier alpha value is -1.34. The van der Waals surface area contributed by atoms with Gasteiger partial charge in [0, 0.05) is 65.1 Å². The van der Waals surface area contributed by atoms with E-state index in [0.717, 1.165) is 45.2 Å². The fourth-order valence-electron chi connectivity index (χ4n) is 4.61. The van der Waals surface area contributed by atoms with Crippen molar-refractivity contribution in [1.82, 2.24) is 15.1 Å². The average molecular weight is 367 g/mol. The smallest absolute Gasteiger partial charge is 0.317 e. The highest BCUT2D eigenvalue weighted by Gasteiger charge is 2.52. The summed E-state index contributed by atoms with van der Waals surface area (Å²) >= 11 is 0. The molecule has 7 nitrogen and oxygen atoms in total. The van der Waals surface area contributed by atoms with Gasteiger partial charge in [-0.05, 0) is 38.5 Å². The zero-order valence-electron chi connectivity index (χ0n) is 16.0. The third-order valence-electron chi connectivity index (χ3n) is 6.19. The number of ether oxygens (including phenoxy) is 2. The molecule has 3 aliphatic heterocycles. The Kier molecular flexibility index (Phi) is 6.75. The maximum Gasteiger partial charge on any atom is 0.317 e. The standard InChI is InChI=1S/C19H33N3O4/c1-25-11-5-8-20-18(24)22-14-16(17(23)21-9-3-2-4-10-21)19(15-22)6-12-26-13-7-19/h16H,2-15H2,1H3,(H,20,24). The number of carbonyl (C=O) groups is 2. The zero-order valence-corrected chi connectivity index (χ0v) is 16.0. The highest BCUT2D eigenvalue weighted by Crippen LogP contribution is 2.45. The molecule has 0 bridgehead atoms. The normalized spacial score (nSPS) is 25.5. The highest BCUT2D eigenvalue weighted by atomic mass is 16.5. The molecule has 1 unspecified atom stereocenters. The molecule has 3 saturated heterocycles. The van der Waals surface area contributed by atoms with Crippen molar-refractivity contribution in [3.05, 3.63) is 0 Å². The van der Waals surface area contributed by atoms with Gasteiger partial charge in [-0.3, -0.25) is 4.79 Å². The van der Waals surface area contributed by atoms with Crippen LogP contribution in [0.2, 0.25) is 0 Å². The molecule has 1 atom stereocenters. The van der Waals surface area contributed by atoms with Gasteiger partial charge in [-0.2, -0.15) is 0 Å². The number of nitrogens with zero attached hydrogens (tertiary/aromatic N) is 2. The van der Waals surface area contributed by atoms with Gasteiger partial charge in [-0.1, -0.05) is 0 Å². The number of piperidine rings is 1. The summed E-state index contributed by atoms with van der Waals surface area (Å²) in [4.78, 5) is 29.7. The van der Waals surface area contributed by atoms with Crippen LogP contribution in [0.1, 0.15) is 38.5 Å². The summed E-state index contributed by atoms with van der Waals surface area (Å²) in [5.74, 6) is 0.163. The van der Waals surface area contributed by atoms with E-state index in [1.165, 1.54) is 6.42 Å². The third-order valence-corrected chi connectivity index (χ3v) is 6.19. The van der Waals surface area contributed by atoms with Crippen LogP contribution in [0.5, 0.6) is 0 Å². The number of rotatable bonds is 5. The number of likely N-dealkylation sites (tertiary alicyclic amines) is 2. The minimum atomic E-state index is -0.114. The van der Waals surface area contributed by atoms with Gasteiger partial charge < -0.3 is 24.6 Å². The predicted molar refractivity (Wildman–Crippen MR) is 97.9 cm³/mol. The molecule has 0 aromatic carbocycles. The Morgan fingerprint density at radius 1 is 1.15 bits per heavy atom. The Morgan fingerprint density at radius 2 is 1.88 bits per heavy atom. The van der Waals surface area contributed by atoms with E-state index in [2.05, 4.69) is 5.32 Å². The van der Waals surface area contributed by atoms with Crippen LogP contribution in [-0.4, -0.2) is 81.4 Å². The molecule has 7 heteroatoms. The summed E-state index contributed by atoms with van der Waals surface area (Å²) in [6.45, 7) is 5.54. The van der Waals surface area contributed by atoms with Crippen LogP contribution in [0.3, 0.4) is 0 Å². The van der Waals surface area contributed by atoms with Crippen LogP contribution >= 0.6 is 0 Å². The molecule has 3 aliphatic rings. The van der Waals surface area contributed by atoms with Gasteiger partial charge >= 0.3 is 6.03 Å². The van der Waals surface area contributed by atoms with Gasteiger partial charge in [-0.25, -0.2) is 4.79 Å². The van der Waals surface area contributed by atoms with E-state index in [1.807, 2.05) is 9.80 Å². The summed E-state index contributed by atoms with van der Waals surface area (Å²) in [5, 5.41) is 2.97. The van der Waals surface area contributed by atoms with Gasteiger partial charge in [-0.15, -0.1) is 0 Å². The number of amides is 3. The fraction of sp³-hybridized carbons (Fsp3) is 0.895. The number of carbonyl (C=O) groups excluding carboxylic acids is 2. The lowest BCUT2D eigenvalue weighted by molar-refractivity contribution is -0.141. The van der Waals surface area contributed by atoms with Crippen molar-refractivity contribution in [2.75, 3.05) is 59.7 Å². The van der Waals surface area contributed by atoms with E-state index in [4.69, 9.17) is 9.47 Å². The van der Waals surface area contributed by atoms with Crippen molar-refractivity contribution in [3.8, 4) is 0 Å². The molecule has 1 spiro atoms. The molecule has 0 aromatic rings. The zero-order chi connectivity index (χ0) is 18.4. The molecule has 26 heavy (non-hydrogen) atoms. The second-order valence-corrected chi connectivity index (χ2v) is 7.87. The van der Waals surface area contributed by atoms with Gasteiger partial charge in [0.05, 0.1) is 5.92 Å². The number of methoxy groups -OCH3 is 1. The first-order chi connectivity index (χ1) is 12.7. The predicted octanol–water partition coefficient (Wildman–Crippen LogP) is 1.47. The van der Waals surface area contributed by atoms with Crippen molar-refractivity contribution >= 4 is 11.9 Å². The number of urea groups is 1. The maximum atomic E-state index is 13.3. The molecular formula is C19H33N3O4.